The molecule has 1 aromatic heterocycles. The highest BCUT2D eigenvalue weighted by molar-refractivity contribution is 5.93. The Kier molecular flexibility index (Phi) is 4.90. The van der Waals surface area contributed by atoms with Crippen molar-refractivity contribution in [3.8, 4) is 17.2 Å². The first-order valence-corrected chi connectivity index (χ1v) is 8.39. The molecule has 0 atom stereocenters. The first-order valence-electron chi connectivity index (χ1n) is 8.39. The van der Waals surface area contributed by atoms with Crippen LogP contribution in [0.3, 0.4) is 0 Å². The van der Waals surface area contributed by atoms with Crippen molar-refractivity contribution in [2.24, 2.45) is 0 Å². The molecular weight excluding hydrogens is 348 g/mol. The summed E-state index contributed by atoms with van der Waals surface area (Å²) in [5.41, 5.74) is -0.619. The number of hydrogen-bond donors (Lipinski definition) is 0. The molecule has 0 aliphatic rings. The number of methoxy groups -OCH3 is 1. The third-order valence-electron chi connectivity index (χ3n) is 3.62. The summed E-state index contributed by atoms with van der Waals surface area (Å²) >= 11 is 0. The van der Waals surface area contributed by atoms with Gasteiger partial charge in [0.15, 0.2) is 5.75 Å². The van der Waals surface area contributed by atoms with Crippen LogP contribution in [-0.2, 0) is 0 Å². The number of rotatable bonds is 4. The van der Waals surface area contributed by atoms with Crippen molar-refractivity contribution in [2.75, 3.05) is 7.11 Å². The van der Waals surface area contributed by atoms with E-state index in [4.69, 9.17) is 18.6 Å². The molecule has 3 aromatic rings. The lowest BCUT2D eigenvalue weighted by molar-refractivity contribution is 0.0723. The molecule has 0 fully saturated rings. The maximum Gasteiger partial charge on any atom is 0.383 e. The number of fused-ring (bicyclic) bond motifs is 1. The Labute approximate surface area is 156 Å². The highest BCUT2D eigenvalue weighted by Gasteiger charge is 2.22. The van der Waals surface area contributed by atoms with Crippen molar-refractivity contribution in [2.45, 2.75) is 26.4 Å². The maximum absolute atomic E-state index is 12.4. The van der Waals surface area contributed by atoms with E-state index in [-0.39, 0.29) is 17.1 Å². The molecular formula is C21H20O6. The van der Waals surface area contributed by atoms with Crippen molar-refractivity contribution >= 4 is 16.9 Å². The summed E-state index contributed by atoms with van der Waals surface area (Å²) in [6, 6.07) is 13.4. The number of hydrogen-bond acceptors (Lipinski definition) is 6. The van der Waals surface area contributed by atoms with Crippen molar-refractivity contribution in [1.29, 1.82) is 0 Å². The van der Waals surface area contributed by atoms with Gasteiger partial charge in [0.25, 0.3) is 5.75 Å². The van der Waals surface area contributed by atoms with Crippen molar-refractivity contribution in [3.05, 3.63) is 64.5 Å². The zero-order chi connectivity index (χ0) is 19.6. The second-order valence-electron chi connectivity index (χ2n) is 6.88. The summed E-state index contributed by atoms with van der Waals surface area (Å²) in [5.74, 6) is -0.279. The summed E-state index contributed by atoms with van der Waals surface area (Å²) in [5, 5.41) is 0.495. The monoisotopic (exact) mass is 368 g/mol. The molecule has 0 bridgehead atoms. The van der Waals surface area contributed by atoms with Crippen LogP contribution in [0.2, 0.25) is 0 Å². The van der Waals surface area contributed by atoms with Gasteiger partial charge in [-0.1, -0.05) is 18.2 Å². The Balaban J connectivity index is 2.04. The van der Waals surface area contributed by atoms with Gasteiger partial charge in [0, 0.05) is 6.07 Å². The van der Waals surface area contributed by atoms with Crippen LogP contribution in [-0.4, -0.2) is 18.7 Å². The minimum absolute atomic E-state index is 0.132. The van der Waals surface area contributed by atoms with E-state index in [1.165, 1.54) is 7.11 Å². The number of carbonyl (C=O) groups is 1. The van der Waals surface area contributed by atoms with Crippen LogP contribution in [0.4, 0.5) is 0 Å². The molecule has 0 unspecified atom stereocenters. The van der Waals surface area contributed by atoms with Gasteiger partial charge in [-0.05, 0) is 45.0 Å². The summed E-state index contributed by atoms with van der Waals surface area (Å²) in [4.78, 5) is 24.7. The van der Waals surface area contributed by atoms with Crippen LogP contribution in [0.5, 0.6) is 17.2 Å². The highest BCUT2D eigenvalue weighted by atomic mass is 16.6. The molecule has 2 aromatic carbocycles. The Morgan fingerprint density at radius 2 is 1.70 bits per heavy atom. The molecule has 0 aliphatic carbocycles. The average Bonchev–Trinajstić information content (AvgIpc) is 2.61. The quantitative estimate of drug-likeness (QED) is 0.507. The molecule has 0 saturated carbocycles. The lowest BCUT2D eigenvalue weighted by atomic mass is 10.1. The van der Waals surface area contributed by atoms with Gasteiger partial charge in [0.1, 0.15) is 16.9 Å². The third-order valence-corrected chi connectivity index (χ3v) is 3.62. The number of ether oxygens (including phenoxy) is 3. The van der Waals surface area contributed by atoms with Gasteiger partial charge < -0.3 is 18.6 Å². The Hall–Kier alpha value is -3.28. The summed E-state index contributed by atoms with van der Waals surface area (Å²) in [6.45, 7) is 5.75. The molecule has 6 heteroatoms. The second kappa shape index (κ2) is 7.15. The van der Waals surface area contributed by atoms with Gasteiger partial charge in [-0.15, -0.1) is 0 Å². The first kappa shape index (κ1) is 18.5. The molecule has 0 radical (unpaired) electrons. The molecule has 0 amide bonds. The molecule has 0 spiro atoms. The fraction of sp³-hybridized carbons (Fsp3) is 0.238. The molecule has 0 N–H and O–H groups in total. The smallest absolute Gasteiger partial charge is 0.383 e. The van der Waals surface area contributed by atoms with Crippen LogP contribution in [0.1, 0.15) is 31.1 Å². The van der Waals surface area contributed by atoms with Crippen molar-refractivity contribution < 1.29 is 23.4 Å². The van der Waals surface area contributed by atoms with Crippen LogP contribution in [0.25, 0.3) is 11.0 Å². The second-order valence-corrected chi connectivity index (χ2v) is 6.88. The van der Waals surface area contributed by atoms with E-state index in [0.29, 0.717) is 16.7 Å². The summed E-state index contributed by atoms with van der Waals surface area (Å²) < 4.78 is 21.7. The molecule has 0 aliphatic heterocycles. The van der Waals surface area contributed by atoms with Crippen LogP contribution < -0.4 is 19.8 Å². The number of carbonyl (C=O) groups excluding carboxylic acids is 1. The molecule has 6 nitrogen and oxygen atoms in total. The Morgan fingerprint density at radius 1 is 1.00 bits per heavy atom. The van der Waals surface area contributed by atoms with Crippen LogP contribution in [0, 0.1) is 0 Å². The van der Waals surface area contributed by atoms with E-state index in [9.17, 15) is 9.59 Å². The normalized spacial score (nSPS) is 11.3. The Morgan fingerprint density at radius 3 is 2.33 bits per heavy atom. The third kappa shape index (κ3) is 4.11. The Bertz CT molecular complexity index is 1030. The van der Waals surface area contributed by atoms with Gasteiger partial charge in [-0.25, -0.2) is 9.59 Å². The predicted molar refractivity (Wildman–Crippen MR) is 101 cm³/mol. The predicted octanol–water partition coefficient (Wildman–Crippen LogP) is 4.20. The minimum Gasteiger partial charge on any atom is -0.492 e. The molecule has 0 saturated heterocycles. The zero-order valence-electron chi connectivity index (χ0n) is 15.6. The van der Waals surface area contributed by atoms with Crippen LogP contribution in [0.15, 0.2) is 57.7 Å². The standard InChI is InChI=1S/C21H20O6/c1-21(2,3)27-14-10-11-15-16(12-14)25-20(23)18(17(15)24-4)26-19(22)13-8-6-5-7-9-13/h5-12H,1-4H3. The molecule has 27 heavy (non-hydrogen) atoms. The molecule has 1 heterocycles. The van der Waals surface area contributed by atoms with E-state index in [0.717, 1.165) is 0 Å². The summed E-state index contributed by atoms with van der Waals surface area (Å²) in [7, 11) is 1.40. The van der Waals surface area contributed by atoms with E-state index < -0.39 is 17.2 Å². The first-order chi connectivity index (χ1) is 12.8. The van der Waals surface area contributed by atoms with E-state index in [2.05, 4.69) is 0 Å². The van der Waals surface area contributed by atoms with Gasteiger partial charge >= 0.3 is 11.6 Å². The van der Waals surface area contributed by atoms with E-state index in [1.807, 2.05) is 20.8 Å². The minimum atomic E-state index is -0.809. The van der Waals surface area contributed by atoms with E-state index >= 15 is 0 Å². The lowest BCUT2D eigenvalue weighted by Crippen LogP contribution is -2.22. The zero-order valence-corrected chi connectivity index (χ0v) is 15.6. The molecule has 3 rings (SSSR count). The fourth-order valence-electron chi connectivity index (χ4n) is 2.57. The van der Waals surface area contributed by atoms with Gasteiger partial charge in [-0.2, -0.15) is 0 Å². The molecule has 140 valence electrons. The topological polar surface area (TPSA) is 75.0 Å². The lowest BCUT2D eigenvalue weighted by Gasteiger charge is -2.21. The number of benzene rings is 2. The fourth-order valence-corrected chi connectivity index (χ4v) is 2.57. The average molecular weight is 368 g/mol. The maximum atomic E-state index is 12.4. The SMILES string of the molecule is COc1c(OC(=O)c2ccccc2)c(=O)oc2cc(OC(C)(C)C)ccc12. The van der Waals surface area contributed by atoms with Gasteiger partial charge in [-0.3, -0.25) is 0 Å². The highest BCUT2D eigenvalue weighted by Crippen LogP contribution is 2.35. The number of esters is 1. The van der Waals surface area contributed by atoms with Crippen molar-refractivity contribution in [3.63, 3.8) is 0 Å². The van der Waals surface area contributed by atoms with Crippen LogP contribution >= 0.6 is 0 Å². The largest absolute Gasteiger partial charge is 0.492 e. The van der Waals surface area contributed by atoms with Gasteiger partial charge in [0.2, 0.25) is 0 Å². The van der Waals surface area contributed by atoms with E-state index in [1.54, 1.807) is 48.5 Å². The van der Waals surface area contributed by atoms with Gasteiger partial charge in [0.05, 0.1) is 18.1 Å². The van der Waals surface area contributed by atoms with Crippen molar-refractivity contribution in [1.82, 2.24) is 0 Å². The summed E-state index contributed by atoms with van der Waals surface area (Å²) in [6.07, 6.45) is 0.